The predicted octanol–water partition coefficient (Wildman–Crippen LogP) is 6.48. The van der Waals surface area contributed by atoms with Crippen molar-refractivity contribution in [3.63, 3.8) is 0 Å². The highest BCUT2D eigenvalue weighted by atomic mass is 35.5. The standard InChI is InChI=1S/C22H18Cl2N4S/c23-17-8-6-16(7-9-17)15-29-22-27-26-21(28(22)20-4-2-1-3-5-20)14-25-19-12-10-18(24)11-13-19/h1-13,25H,14-15H2. The van der Waals surface area contributed by atoms with Crippen molar-refractivity contribution in [1.82, 2.24) is 14.8 Å². The number of anilines is 1. The van der Waals surface area contributed by atoms with Gasteiger partial charge in [-0.05, 0) is 54.1 Å². The molecule has 0 bridgehead atoms. The maximum Gasteiger partial charge on any atom is 0.196 e. The Kier molecular flexibility index (Phi) is 6.39. The summed E-state index contributed by atoms with van der Waals surface area (Å²) in [4.78, 5) is 0. The molecule has 0 fully saturated rings. The van der Waals surface area contributed by atoms with E-state index in [1.807, 2.05) is 66.7 Å². The maximum atomic E-state index is 5.98. The van der Waals surface area contributed by atoms with E-state index >= 15 is 0 Å². The van der Waals surface area contributed by atoms with Crippen LogP contribution in [-0.2, 0) is 12.3 Å². The summed E-state index contributed by atoms with van der Waals surface area (Å²) >= 11 is 13.6. The van der Waals surface area contributed by atoms with Crippen molar-refractivity contribution in [1.29, 1.82) is 0 Å². The van der Waals surface area contributed by atoms with Gasteiger partial charge in [-0.3, -0.25) is 4.57 Å². The van der Waals surface area contributed by atoms with Crippen LogP contribution < -0.4 is 5.32 Å². The van der Waals surface area contributed by atoms with Crippen molar-refractivity contribution in [3.05, 3.63) is 100 Å². The summed E-state index contributed by atoms with van der Waals surface area (Å²) in [7, 11) is 0. The summed E-state index contributed by atoms with van der Waals surface area (Å²) < 4.78 is 2.09. The van der Waals surface area contributed by atoms with Crippen LogP contribution in [-0.4, -0.2) is 14.8 Å². The molecule has 0 radical (unpaired) electrons. The lowest BCUT2D eigenvalue weighted by molar-refractivity contribution is 0.841. The number of para-hydroxylation sites is 1. The summed E-state index contributed by atoms with van der Waals surface area (Å²) in [5.41, 5.74) is 3.19. The van der Waals surface area contributed by atoms with Crippen LogP contribution in [0.1, 0.15) is 11.4 Å². The molecule has 0 spiro atoms. The molecule has 0 aliphatic carbocycles. The van der Waals surface area contributed by atoms with Gasteiger partial charge in [-0.2, -0.15) is 0 Å². The number of nitrogens with zero attached hydrogens (tertiary/aromatic N) is 3. The molecule has 4 nitrogen and oxygen atoms in total. The van der Waals surface area contributed by atoms with Crippen LogP contribution >= 0.6 is 35.0 Å². The average molecular weight is 441 g/mol. The van der Waals surface area contributed by atoms with E-state index in [1.165, 1.54) is 5.56 Å². The van der Waals surface area contributed by atoms with Crippen molar-refractivity contribution in [2.45, 2.75) is 17.5 Å². The smallest absolute Gasteiger partial charge is 0.196 e. The second-order valence-electron chi connectivity index (χ2n) is 6.35. The van der Waals surface area contributed by atoms with E-state index < -0.39 is 0 Å². The third kappa shape index (κ3) is 5.12. The van der Waals surface area contributed by atoms with Gasteiger partial charge in [-0.1, -0.05) is 65.3 Å². The predicted molar refractivity (Wildman–Crippen MR) is 121 cm³/mol. The fourth-order valence-electron chi connectivity index (χ4n) is 2.82. The number of nitrogens with one attached hydrogen (secondary N) is 1. The van der Waals surface area contributed by atoms with Gasteiger partial charge in [0.05, 0.1) is 6.54 Å². The number of thioether (sulfide) groups is 1. The van der Waals surface area contributed by atoms with Crippen LogP contribution in [0.5, 0.6) is 0 Å². The molecule has 0 unspecified atom stereocenters. The zero-order valence-corrected chi connectivity index (χ0v) is 17.8. The van der Waals surface area contributed by atoms with E-state index in [1.54, 1.807) is 11.8 Å². The first-order valence-electron chi connectivity index (χ1n) is 9.05. The molecule has 146 valence electrons. The van der Waals surface area contributed by atoms with E-state index in [0.29, 0.717) is 11.6 Å². The normalized spacial score (nSPS) is 10.8. The molecule has 1 aromatic heterocycles. The van der Waals surface area contributed by atoms with Crippen LogP contribution in [0.3, 0.4) is 0 Å². The fraction of sp³-hybridized carbons (Fsp3) is 0.0909. The van der Waals surface area contributed by atoms with Gasteiger partial charge >= 0.3 is 0 Å². The topological polar surface area (TPSA) is 42.7 Å². The molecule has 7 heteroatoms. The van der Waals surface area contributed by atoms with Gasteiger partial charge in [-0.25, -0.2) is 0 Å². The van der Waals surface area contributed by atoms with Crippen molar-refractivity contribution in [3.8, 4) is 5.69 Å². The summed E-state index contributed by atoms with van der Waals surface area (Å²) in [6.45, 7) is 0.547. The van der Waals surface area contributed by atoms with Crippen LogP contribution in [0.15, 0.2) is 84.0 Å². The van der Waals surface area contributed by atoms with Gasteiger partial charge in [0.25, 0.3) is 0 Å². The lowest BCUT2D eigenvalue weighted by Crippen LogP contribution is -2.08. The Hall–Kier alpha value is -2.47. The van der Waals surface area contributed by atoms with Crippen molar-refractivity contribution in [2.24, 2.45) is 0 Å². The van der Waals surface area contributed by atoms with Crippen molar-refractivity contribution < 1.29 is 0 Å². The molecule has 29 heavy (non-hydrogen) atoms. The Morgan fingerprint density at radius 1 is 0.793 bits per heavy atom. The van der Waals surface area contributed by atoms with Gasteiger partial charge in [-0.15, -0.1) is 10.2 Å². The third-order valence-electron chi connectivity index (χ3n) is 4.29. The number of benzene rings is 3. The van der Waals surface area contributed by atoms with E-state index in [9.17, 15) is 0 Å². The first-order valence-corrected chi connectivity index (χ1v) is 10.8. The summed E-state index contributed by atoms with van der Waals surface area (Å²) in [6, 6.07) is 25.6. The van der Waals surface area contributed by atoms with Crippen LogP contribution in [0.4, 0.5) is 5.69 Å². The largest absolute Gasteiger partial charge is 0.378 e. The van der Waals surface area contributed by atoms with Crippen molar-refractivity contribution in [2.75, 3.05) is 5.32 Å². The molecule has 4 rings (SSSR count). The van der Waals surface area contributed by atoms with E-state index in [4.69, 9.17) is 23.2 Å². The Bertz CT molecular complexity index is 997. The van der Waals surface area contributed by atoms with Gasteiger partial charge in [0.1, 0.15) is 0 Å². The SMILES string of the molecule is Clc1ccc(CSc2nnc(CNc3ccc(Cl)cc3)n2-c2ccccc2)cc1. The maximum absolute atomic E-state index is 5.98. The molecular weight excluding hydrogens is 423 g/mol. The second-order valence-corrected chi connectivity index (χ2v) is 8.16. The average Bonchev–Trinajstić information content (AvgIpc) is 3.16. The quantitative estimate of drug-likeness (QED) is 0.334. The number of halogens is 2. The molecule has 3 aromatic carbocycles. The zero-order chi connectivity index (χ0) is 20.1. The van der Waals surface area contributed by atoms with Crippen LogP contribution in [0, 0.1) is 0 Å². The Labute approximate surface area is 183 Å². The number of aromatic nitrogens is 3. The molecule has 0 aliphatic heterocycles. The molecule has 0 saturated carbocycles. The van der Waals surface area contributed by atoms with Gasteiger partial charge < -0.3 is 5.32 Å². The minimum Gasteiger partial charge on any atom is -0.378 e. The highest BCUT2D eigenvalue weighted by Gasteiger charge is 2.14. The molecule has 4 aromatic rings. The molecule has 0 saturated heterocycles. The summed E-state index contributed by atoms with van der Waals surface area (Å²) in [6.07, 6.45) is 0. The van der Waals surface area contributed by atoms with Crippen LogP contribution in [0.2, 0.25) is 10.0 Å². The molecule has 0 amide bonds. The first kappa shape index (κ1) is 19.8. The summed E-state index contributed by atoms with van der Waals surface area (Å²) in [5, 5.41) is 14.6. The van der Waals surface area contributed by atoms with E-state index in [2.05, 4.69) is 32.2 Å². The third-order valence-corrected chi connectivity index (χ3v) is 5.79. The minimum absolute atomic E-state index is 0.547. The highest BCUT2D eigenvalue weighted by molar-refractivity contribution is 7.98. The summed E-state index contributed by atoms with van der Waals surface area (Å²) in [5.74, 6) is 1.62. The Balaban J connectivity index is 1.56. The van der Waals surface area contributed by atoms with E-state index in [0.717, 1.165) is 33.1 Å². The van der Waals surface area contributed by atoms with Crippen LogP contribution in [0.25, 0.3) is 5.69 Å². The highest BCUT2D eigenvalue weighted by Crippen LogP contribution is 2.26. The van der Waals surface area contributed by atoms with Gasteiger partial charge in [0, 0.05) is 27.2 Å². The lowest BCUT2D eigenvalue weighted by atomic mass is 10.2. The van der Waals surface area contributed by atoms with Gasteiger partial charge in [0.2, 0.25) is 0 Å². The van der Waals surface area contributed by atoms with Gasteiger partial charge in [0.15, 0.2) is 11.0 Å². The molecule has 1 N–H and O–H groups in total. The number of hydrogen-bond acceptors (Lipinski definition) is 4. The number of rotatable bonds is 7. The molecular formula is C22H18Cl2N4S. The Morgan fingerprint density at radius 2 is 1.45 bits per heavy atom. The fourth-order valence-corrected chi connectivity index (χ4v) is 4.00. The molecule has 1 heterocycles. The second kappa shape index (κ2) is 9.35. The molecule has 0 atom stereocenters. The minimum atomic E-state index is 0.547. The Morgan fingerprint density at radius 3 is 2.14 bits per heavy atom. The number of hydrogen-bond donors (Lipinski definition) is 1. The zero-order valence-electron chi connectivity index (χ0n) is 15.4. The molecule has 0 aliphatic rings. The van der Waals surface area contributed by atoms with E-state index in [-0.39, 0.29) is 0 Å². The monoisotopic (exact) mass is 440 g/mol. The van der Waals surface area contributed by atoms with Crippen molar-refractivity contribution >= 4 is 40.7 Å². The first-order chi connectivity index (χ1) is 14.2. The lowest BCUT2D eigenvalue weighted by Gasteiger charge is -2.11.